The van der Waals surface area contributed by atoms with Crippen molar-refractivity contribution in [2.75, 3.05) is 16.8 Å². The van der Waals surface area contributed by atoms with E-state index in [1.165, 1.54) is 6.07 Å². The predicted octanol–water partition coefficient (Wildman–Crippen LogP) is 4.06. The smallest absolute Gasteiger partial charge is 0.282 e. The first-order valence-corrected chi connectivity index (χ1v) is 9.10. The molecule has 1 aliphatic rings. The number of hydrogen-bond acceptors (Lipinski definition) is 4. The maximum absolute atomic E-state index is 14.6. The second-order valence-corrected chi connectivity index (χ2v) is 8.25. The van der Waals surface area contributed by atoms with Crippen LogP contribution in [0.2, 0.25) is 0 Å². The fourth-order valence-corrected chi connectivity index (χ4v) is 3.19. The highest BCUT2D eigenvalue weighted by atomic mass is 19.3. The molecule has 3 rings (SSSR count). The molecule has 0 saturated carbocycles. The van der Waals surface area contributed by atoms with Crippen molar-refractivity contribution in [1.29, 1.82) is 0 Å². The quantitative estimate of drug-likeness (QED) is 0.793. The van der Waals surface area contributed by atoms with Crippen LogP contribution in [-0.4, -0.2) is 27.2 Å². The van der Waals surface area contributed by atoms with Gasteiger partial charge in [-0.15, -0.1) is 0 Å². The molecule has 0 aromatic carbocycles. The zero-order valence-electron chi connectivity index (χ0n) is 16.4. The third kappa shape index (κ3) is 4.45. The number of hydrogen-bond donors (Lipinski definition) is 1. The molecular weight excluding hydrogens is 371 g/mol. The van der Waals surface area contributed by atoms with Crippen LogP contribution in [0.4, 0.5) is 24.7 Å². The topological polar surface area (TPSA) is 63.1 Å². The van der Waals surface area contributed by atoms with Gasteiger partial charge in [0.1, 0.15) is 11.5 Å². The lowest BCUT2D eigenvalue weighted by Gasteiger charge is -2.29. The minimum atomic E-state index is -2.62. The molecule has 0 aliphatic carbocycles. The van der Waals surface area contributed by atoms with Crippen LogP contribution in [0.1, 0.15) is 50.6 Å². The molecule has 1 amide bonds. The molecule has 0 bridgehead atoms. The summed E-state index contributed by atoms with van der Waals surface area (Å²) in [5.74, 6) is -0.634. The van der Waals surface area contributed by atoms with Crippen LogP contribution in [-0.2, 0) is 17.9 Å². The Hall–Kier alpha value is -2.58. The predicted molar refractivity (Wildman–Crippen MR) is 99.9 cm³/mol. The number of pyridine rings is 1. The van der Waals surface area contributed by atoms with E-state index >= 15 is 0 Å². The number of alkyl halides is 2. The normalized spacial score (nSPS) is 14.4. The van der Waals surface area contributed by atoms with Crippen LogP contribution in [0.5, 0.6) is 0 Å². The number of carbonyl (C=O) groups is 1. The maximum Gasteiger partial charge on any atom is 0.282 e. The van der Waals surface area contributed by atoms with Crippen LogP contribution in [0.15, 0.2) is 12.1 Å². The molecule has 2 aromatic heterocycles. The van der Waals surface area contributed by atoms with E-state index in [4.69, 9.17) is 0 Å². The average Bonchev–Trinajstić information content (AvgIpc) is 3.00. The van der Waals surface area contributed by atoms with Gasteiger partial charge in [-0.05, 0) is 30.0 Å². The summed E-state index contributed by atoms with van der Waals surface area (Å²) in [4.78, 5) is 17.9. The highest BCUT2D eigenvalue weighted by Crippen LogP contribution is 2.28. The monoisotopic (exact) mass is 395 g/mol. The summed E-state index contributed by atoms with van der Waals surface area (Å²) in [6.45, 7) is 8.67. The summed E-state index contributed by atoms with van der Waals surface area (Å²) < 4.78 is 41.8. The third-order valence-electron chi connectivity index (χ3n) is 4.48. The zero-order valence-corrected chi connectivity index (χ0v) is 16.4. The molecule has 0 fully saturated rings. The lowest BCUT2D eigenvalue weighted by atomic mass is 9.92. The lowest BCUT2D eigenvalue weighted by Crippen LogP contribution is -2.34. The molecule has 28 heavy (non-hydrogen) atoms. The Morgan fingerprint density at radius 3 is 2.61 bits per heavy atom. The highest BCUT2D eigenvalue weighted by Gasteiger charge is 2.24. The molecule has 152 valence electrons. The Bertz CT molecular complexity index is 865. The molecule has 0 atom stereocenters. The first-order chi connectivity index (χ1) is 13.0. The molecule has 0 spiro atoms. The van der Waals surface area contributed by atoms with Crippen LogP contribution in [0.3, 0.4) is 0 Å². The van der Waals surface area contributed by atoms with Crippen LogP contribution >= 0.6 is 0 Å². The molecule has 0 unspecified atom stereocenters. The average molecular weight is 395 g/mol. The summed E-state index contributed by atoms with van der Waals surface area (Å²) >= 11 is 0. The van der Waals surface area contributed by atoms with Gasteiger partial charge in [0.15, 0.2) is 0 Å². The number of aromatic nitrogens is 3. The van der Waals surface area contributed by atoms with Gasteiger partial charge in [-0.3, -0.25) is 9.48 Å². The van der Waals surface area contributed by atoms with E-state index in [9.17, 15) is 18.0 Å². The van der Waals surface area contributed by atoms with E-state index < -0.39 is 12.4 Å². The number of halogens is 3. The second-order valence-electron chi connectivity index (χ2n) is 8.25. The van der Waals surface area contributed by atoms with Crippen molar-refractivity contribution in [2.45, 2.75) is 53.6 Å². The third-order valence-corrected chi connectivity index (χ3v) is 4.48. The fraction of sp³-hybridized carbons (Fsp3) is 0.526. The molecule has 6 nitrogen and oxygen atoms in total. The van der Waals surface area contributed by atoms with Gasteiger partial charge in [0, 0.05) is 13.0 Å². The van der Waals surface area contributed by atoms with Gasteiger partial charge in [-0.2, -0.15) is 9.49 Å². The number of aryl methyl sites for hydroxylation is 1. The van der Waals surface area contributed by atoms with Gasteiger partial charge in [-0.25, -0.2) is 13.8 Å². The van der Waals surface area contributed by atoms with E-state index in [0.29, 0.717) is 36.7 Å². The molecule has 3 heterocycles. The molecule has 1 aliphatic heterocycles. The zero-order chi connectivity index (χ0) is 20.6. The van der Waals surface area contributed by atoms with Crippen molar-refractivity contribution in [3.8, 4) is 0 Å². The van der Waals surface area contributed by atoms with Crippen molar-refractivity contribution < 1.29 is 18.0 Å². The Kier molecular flexibility index (Phi) is 5.36. The van der Waals surface area contributed by atoms with E-state index in [0.717, 1.165) is 0 Å². The summed E-state index contributed by atoms with van der Waals surface area (Å²) in [5, 5.41) is 6.49. The van der Waals surface area contributed by atoms with Gasteiger partial charge >= 0.3 is 0 Å². The Balaban J connectivity index is 1.78. The van der Waals surface area contributed by atoms with E-state index in [2.05, 4.69) is 15.4 Å². The number of nitrogens with one attached hydrogen (secondary N) is 1. The number of carbonyl (C=O) groups excluding carboxylic acids is 1. The summed E-state index contributed by atoms with van der Waals surface area (Å²) in [7, 11) is 0. The molecule has 0 saturated heterocycles. The number of amides is 1. The summed E-state index contributed by atoms with van der Waals surface area (Å²) in [6.07, 6.45) is -2.36. The van der Waals surface area contributed by atoms with Crippen LogP contribution in [0, 0.1) is 18.3 Å². The fourth-order valence-electron chi connectivity index (χ4n) is 3.19. The van der Waals surface area contributed by atoms with Crippen LogP contribution in [0.25, 0.3) is 0 Å². The van der Waals surface area contributed by atoms with Crippen molar-refractivity contribution in [3.63, 3.8) is 0 Å². The molecule has 9 heteroatoms. The van der Waals surface area contributed by atoms with Crippen molar-refractivity contribution in [2.24, 2.45) is 5.41 Å². The van der Waals surface area contributed by atoms with E-state index in [1.807, 2.05) is 25.7 Å². The van der Waals surface area contributed by atoms with Gasteiger partial charge in [-0.1, -0.05) is 20.8 Å². The summed E-state index contributed by atoms with van der Waals surface area (Å²) in [5.41, 5.74) is 0.778. The Morgan fingerprint density at radius 1 is 1.29 bits per heavy atom. The SMILES string of the molecule is Cc1cc(N2CCn3nc(C(F)F)cc3C2)nc(F)c1NC(=O)CC(C)(C)C. The molecule has 0 radical (unpaired) electrons. The number of fused-ring (bicyclic) bond motifs is 1. The van der Waals surface area contributed by atoms with Gasteiger partial charge in [0.2, 0.25) is 11.9 Å². The van der Waals surface area contributed by atoms with E-state index in [1.54, 1.807) is 17.7 Å². The minimum absolute atomic E-state index is 0.0695. The van der Waals surface area contributed by atoms with Crippen molar-refractivity contribution >= 4 is 17.4 Å². The van der Waals surface area contributed by atoms with Gasteiger partial charge in [0.25, 0.3) is 6.43 Å². The first kappa shape index (κ1) is 20.2. The largest absolute Gasteiger partial charge is 0.349 e. The molecule has 2 aromatic rings. The lowest BCUT2D eigenvalue weighted by molar-refractivity contribution is -0.117. The molecule has 1 N–H and O–H groups in total. The van der Waals surface area contributed by atoms with Gasteiger partial charge < -0.3 is 10.2 Å². The Labute approximate surface area is 161 Å². The van der Waals surface area contributed by atoms with Crippen LogP contribution < -0.4 is 10.2 Å². The van der Waals surface area contributed by atoms with Crippen molar-refractivity contribution in [3.05, 3.63) is 35.0 Å². The van der Waals surface area contributed by atoms with E-state index in [-0.39, 0.29) is 29.1 Å². The summed E-state index contributed by atoms with van der Waals surface area (Å²) in [6, 6.07) is 3.05. The van der Waals surface area contributed by atoms with Gasteiger partial charge in [0.05, 0.1) is 24.5 Å². The minimum Gasteiger partial charge on any atom is -0.349 e. The maximum atomic E-state index is 14.6. The number of anilines is 2. The standard InChI is InChI=1S/C19H24F3N5O/c1-11-7-14(23-18(22)16(11)24-15(28)9-19(2,3)4)26-5-6-27-12(10-26)8-13(25-27)17(20)21/h7-8,17H,5-6,9-10H2,1-4H3,(H,24,28). The second kappa shape index (κ2) is 7.44. The Morgan fingerprint density at radius 2 is 2.00 bits per heavy atom. The highest BCUT2D eigenvalue weighted by molar-refractivity contribution is 5.92. The first-order valence-electron chi connectivity index (χ1n) is 9.10. The van der Waals surface area contributed by atoms with Crippen molar-refractivity contribution in [1.82, 2.24) is 14.8 Å². The molecular formula is C19H24F3N5O. The number of rotatable bonds is 4. The number of nitrogens with zero attached hydrogens (tertiary/aromatic N) is 4.